The van der Waals surface area contributed by atoms with Crippen molar-refractivity contribution < 1.29 is 9.53 Å². The number of likely N-dealkylation sites (N-methyl/N-ethyl adjacent to an activating group) is 1. The molecule has 0 saturated carbocycles. The lowest BCUT2D eigenvalue weighted by atomic mass is 10.1. The Hall–Kier alpha value is -1.59. The molecule has 0 aliphatic heterocycles. The predicted octanol–water partition coefficient (Wildman–Crippen LogP) is 1.15. The van der Waals surface area contributed by atoms with Crippen LogP contribution in [0.3, 0.4) is 0 Å². The predicted molar refractivity (Wildman–Crippen MR) is 80.7 cm³/mol. The summed E-state index contributed by atoms with van der Waals surface area (Å²) >= 11 is 0. The molecule has 3 N–H and O–H groups in total. The molecule has 0 spiro atoms. The van der Waals surface area contributed by atoms with E-state index in [1.807, 2.05) is 45.3 Å². The van der Waals surface area contributed by atoms with Gasteiger partial charge in [0.25, 0.3) is 0 Å². The van der Waals surface area contributed by atoms with Crippen LogP contribution in [0.1, 0.15) is 24.9 Å². The first-order chi connectivity index (χ1) is 9.43. The van der Waals surface area contributed by atoms with Gasteiger partial charge in [0, 0.05) is 19.0 Å². The maximum absolute atomic E-state index is 11.7. The molecular formula is C15H25N3O2. The Bertz CT molecular complexity index is 433. The van der Waals surface area contributed by atoms with E-state index < -0.39 is 0 Å². The first-order valence-corrected chi connectivity index (χ1v) is 6.76. The lowest BCUT2D eigenvalue weighted by Gasteiger charge is -2.25. The van der Waals surface area contributed by atoms with Gasteiger partial charge in [0.1, 0.15) is 5.75 Å². The molecule has 2 unspecified atom stereocenters. The van der Waals surface area contributed by atoms with Gasteiger partial charge in [-0.1, -0.05) is 12.1 Å². The van der Waals surface area contributed by atoms with Crippen LogP contribution in [0, 0.1) is 0 Å². The van der Waals surface area contributed by atoms with Crippen LogP contribution in [0.2, 0.25) is 0 Å². The number of carbonyl (C=O) groups is 1. The number of benzene rings is 1. The molecule has 0 aliphatic carbocycles. The number of hydrogen-bond acceptors (Lipinski definition) is 4. The van der Waals surface area contributed by atoms with E-state index in [-0.39, 0.29) is 18.0 Å². The molecule has 5 heteroatoms. The average Bonchev–Trinajstić information content (AvgIpc) is 2.38. The SMILES string of the molecule is COc1cccc(C(CNC(=O)CC(C)N)N(C)C)c1. The van der Waals surface area contributed by atoms with Crippen LogP contribution in [-0.2, 0) is 4.79 Å². The molecule has 0 fully saturated rings. The third-order valence-electron chi connectivity index (χ3n) is 3.10. The second-order valence-electron chi connectivity index (χ2n) is 5.24. The van der Waals surface area contributed by atoms with Crippen molar-refractivity contribution in [2.45, 2.75) is 25.4 Å². The molecule has 0 heterocycles. The zero-order chi connectivity index (χ0) is 15.1. The normalized spacial score (nSPS) is 13.9. The van der Waals surface area contributed by atoms with Gasteiger partial charge >= 0.3 is 0 Å². The largest absolute Gasteiger partial charge is 0.497 e. The van der Waals surface area contributed by atoms with E-state index in [4.69, 9.17) is 10.5 Å². The van der Waals surface area contributed by atoms with E-state index >= 15 is 0 Å². The molecule has 0 bridgehead atoms. The third-order valence-corrected chi connectivity index (χ3v) is 3.10. The number of methoxy groups -OCH3 is 1. The Labute approximate surface area is 121 Å². The van der Waals surface area contributed by atoms with Crippen molar-refractivity contribution in [3.63, 3.8) is 0 Å². The molecule has 1 amide bonds. The molecule has 1 rings (SSSR count). The van der Waals surface area contributed by atoms with Crippen molar-refractivity contribution in [2.75, 3.05) is 27.7 Å². The van der Waals surface area contributed by atoms with Crippen LogP contribution >= 0.6 is 0 Å². The minimum absolute atomic E-state index is 0.0188. The molecule has 112 valence electrons. The summed E-state index contributed by atoms with van der Waals surface area (Å²) in [6.45, 7) is 2.37. The van der Waals surface area contributed by atoms with Crippen molar-refractivity contribution in [1.82, 2.24) is 10.2 Å². The fourth-order valence-corrected chi connectivity index (χ4v) is 2.02. The van der Waals surface area contributed by atoms with Gasteiger partial charge in [0.15, 0.2) is 0 Å². The molecule has 0 aliphatic rings. The van der Waals surface area contributed by atoms with Crippen molar-refractivity contribution in [3.05, 3.63) is 29.8 Å². The van der Waals surface area contributed by atoms with E-state index in [9.17, 15) is 4.79 Å². The highest BCUT2D eigenvalue weighted by Crippen LogP contribution is 2.22. The minimum atomic E-state index is -0.121. The smallest absolute Gasteiger partial charge is 0.221 e. The van der Waals surface area contributed by atoms with Gasteiger partial charge in [-0.25, -0.2) is 0 Å². The lowest BCUT2D eigenvalue weighted by Crippen LogP contribution is -2.36. The van der Waals surface area contributed by atoms with Crippen LogP contribution in [0.15, 0.2) is 24.3 Å². The minimum Gasteiger partial charge on any atom is -0.497 e. The third kappa shape index (κ3) is 5.19. The number of amides is 1. The zero-order valence-corrected chi connectivity index (χ0v) is 12.7. The molecule has 0 aromatic heterocycles. The highest BCUT2D eigenvalue weighted by Gasteiger charge is 2.16. The van der Waals surface area contributed by atoms with E-state index in [0.717, 1.165) is 11.3 Å². The van der Waals surface area contributed by atoms with E-state index in [1.54, 1.807) is 7.11 Å². The molecule has 20 heavy (non-hydrogen) atoms. The van der Waals surface area contributed by atoms with Crippen molar-refractivity contribution in [2.24, 2.45) is 5.73 Å². The topological polar surface area (TPSA) is 67.6 Å². The highest BCUT2D eigenvalue weighted by molar-refractivity contribution is 5.76. The molecule has 5 nitrogen and oxygen atoms in total. The monoisotopic (exact) mass is 279 g/mol. The average molecular weight is 279 g/mol. The second-order valence-corrected chi connectivity index (χ2v) is 5.24. The maximum Gasteiger partial charge on any atom is 0.221 e. The number of hydrogen-bond donors (Lipinski definition) is 2. The fourth-order valence-electron chi connectivity index (χ4n) is 2.02. The van der Waals surface area contributed by atoms with Gasteiger partial charge in [0.05, 0.1) is 13.2 Å². The van der Waals surface area contributed by atoms with Gasteiger partial charge in [-0.2, -0.15) is 0 Å². The van der Waals surface area contributed by atoms with Gasteiger partial charge in [0.2, 0.25) is 5.91 Å². The van der Waals surface area contributed by atoms with Gasteiger partial charge in [-0.05, 0) is 38.7 Å². The Morgan fingerprint density at radius 2 is 2.15 bits per heavy atom. The number of rotatable bonds is 7. The summed E-state index contributed by atoms with van der Waals surface area (Å²) in [4.78, 5) is 13.8. The number of nitrogens with two attached hydrogens (primary N) is 1. The van der Waals surface area contributed by atoms with Crippen LogP contribution in [0.5, 0.6) is 5.75 Å². The quantitative estimate of drug-likeness (QED) is 0.786. The summed E-state index contributed by atoms with van der Waals surface area (Å²) in [6, 6.07) is 7.86. The summed E-state index contributed by atoms with van der Waals surface area (Å²) in [5.74, 6) is 0.797. The van der Waals surface area contributed by atoms with Gasteiger partial charge in [-0.3, -0.25) is 4.79 Å². The number of carbonyl (C=O) groups excluding carboxylic acids is 1. The Morgan fingerprint density at radius 1 is 1.45 bits per heavy atom. The fraction of sp³-hybridized carbons (Fsp3) is 0.533. The van der Waals surface area contributed by atoms with Crippen molar-refractivity contribution in [1.29, 1.82) is 0 Å². The van der Waals surface area contributed by atoms with Gasteiger partial charge in [-0.15, -0.1) is 0 Å². The summed E-state index contributed by atoms with van der Waals surface area (Å²) in [5.41, 5.74) is 6.73. The molecule has 0 radical (unpaired) electrons. The molecule has 1 aromatic carbocycles. The second kappa shape index (κ2) is 7.87. The van der Waals surface area contributed by atoms with Crippen LogP contribution in [0.25, 0.3) is 0 Å². The Kier molecular flexibility index (Phi) is 6.48. The summed E-state index contributed by atoms with van der Waals surface area (Å²) in [7, 11) is 5.62. The first-order valence-electron chi connectivity index (χ1n) is 6.76. The maximum atomic E-state index is 11.7. The van der Waals surface area contributed by atoms with Crippen LogP contribution in [-0.4, -0.2) is 44.6 Å². The zero-order valence-electron chi connectivity index (χ0n) is 12.7. The molecule has 0 saturated heterocycles. The highest BCUT2D eigenvalue weighted by atomic mass is 16.5. The Balaban J connectivity index is 2.71. The summed E-state index contributed by atoms with van der Waals surface area (Å²) < 4.78 is 5.24. The molecule has 2 atom stereocenters. The first kappa shape index (κ1) is 16.5. The Morgan fingerprint density at radius 3 is 2.70 bits per heavy atom. The van der Waals surface area contributed by atoms with Gasteiger partial charge < -0.3 is 20.7 Å². The van der Waals surface area contributed by atoms with Crippen molar-refractivity contribution in [3.8, 4) is 5.75 Å². The van der Waals surface area contributed by atoms with E-state index in [0.29, 0.717) is 13.0 Å². The number of ether oxygens (including phenoxy) is 1. The molecule has 1 aromatic rings. The number of nitrogens with one attached hydrogen (secondary N) is 1. The van der Waals surface area contributed by atoms with Crippen LogP contribution in [0.4, 0.5) is 0 Å². The van der Waals surface area contributed by atoms with E-state index in [2.05, 4.69) is 10.2 Å². The standard InChI is InChI=1S/C15H25N3O2/c1-11(16)8-15(19)17-10-14(18(2)3)12-6-5-7-13(9-12)20-4/h5-7,9,11,14H,8,10,16H2,1-4H3,(H,17,19). The lowest BCUT2D eigenvalue weighted by molar-refractivity contribution is -0.121. The van der Waals surface area contributed by atoms with Crippen molar-refractivity contribution >= 4 is 5.91 Å². The molecular weight excluding hydrogens is 254 g/mol. The van der Waals surface area contributed by atoms with Crippen LogP contribution < -0.4 is 15.8 Å². The summed E-state index contributed by atoms with van der Waals surface area (Å²) in [6.07, 6.45) is 0.345. The van der Waals surface area contributed by atoms with E-state index in [1.165, 1.54) is 0 Å². The number of nitrogens with zero attached hydrogens (tertiary/aromatic N) is 1. The summed E-state index contributed by atoms with van der Waals surface area (Å²) in [5, 5.41) is 2.93.